The minimum absolute atomic E-state index is 0.00398. The van der Waals surface area contributed by atoms with Crippen molar-refractivity contribution in [1.82, 2.24) is 0 Å². The lowest BCUT2D eigenvalue weighted by atomic mass is 10.1. The molecule has 1 N–H and O–H groups in total. The van der Waals surface area contributed by atoms with Crippen LogP contribution in [0.4, 0.5) is 0 Å². The summed E-state index contributed by atoms with van der Waals surface area (Å²) in [6, 6.07) is 6.43. The molecule has 1 rings (SSSR count). The van der Waals surface area contributed by atoms with Crippen LogP contribution in [0.15, 0.2) is 18.2 Å². The van der Waals surface area contributed by atoms with E-state index in [1.165, 1.54) is 25.1 Å². The molecule has 0 aromatic heterocycles. The Morgan fingerprint density at radius 1 is 1.56 bits per heavy atom. The quantitative estimate of drug-likeness (QED) is 0.750. The Balaban J connectivity index is 2.80. The third-order valence-corrected chi connectivity index (χ3v) is 2.39. The highest BCUT2D eigenvalue weighted by Crippen LogP contribution is 2.16. The summed E-state index contributed by atoms with van der Waals surface area (Å²) in [5.74, 6) is 5.89. The Bertz CT molecular complexity index is 506. The zero-order valence-electron chi connectivity index (χ0n) is 8.65. The maximum atomic E-state index is 10.6. The summed E-state index contributed by atoms with van der Waals surface area (Å²) >= 11 is 1.11. The zero-order chi connectivity index (χ0) is 12.0. The summed E-state index contributed by atoms with van der Waals surface area (Å²) < 4.78 is 0. The Morgan fingerprint density at radius 3 is 2.94 bits per heavy atom. The monoisotopic (exact) mass is 231 g/mol. The van der Waals surface area contributed by atoms with Crippen molar-refractivity contribution >= 4 is 16.9 Å². The van der Waals surface area contributed by atoms with Gasteiger partial charge in [0, 0.05) is 6.92 Å². The van der Waals surface area contributed by atoms with E-state index in [-0.39, 0.29) is 10.9 Å². The Hall–Kier alpha value is -1.91. The highest BCUT2D eigenvalue weighted by Gasteiger charge is 1.99. The third kappa shape index (κ3) is 3.68. The molecule has 0 spiro atoms. The van der Waals surface area contributed by atoms with Crippen LogP contribution in [0, 0.1) is 23.2 Å². The van der Waals surface area contributed by atoms with Crippen molar-refractivity contribution < 1.29 is 9.90 Å². The first-order valence-electron chi connectivity index (χ1n) is 4.49. The van der Waals surface area contributed by atoms with Crippen LogP contribution in [0.2, 0.25) is 0 Å². The van der Waals surface area contributed by atoms with Gasteiger partial charge in [0.1, 0.15) is 5.75 Å². The van der Waals surface area contributed by atoms with Gasteiger partial charge in [0.25, 0.3) is 0 Å². The summed E-state index contributed by atoms with van der Waals surface area (Å²) in [6.07, 6.45) is 0. The van der Waals surface area contributed by atoms with Crippen LogP contribution >= 0.6 is 11.8 Å². The van der Waals surface area contributed by atoms with Crippen LogP contribution in [-0.2, 0) is 4.79 Å². The van der Waals surface area contributed by atoms with Gasteiger partial charge in [-0.25, -0.2) is 0 Å². The second-order valence-electron chi connectivity index (χ2n) is 2.93. The third-order valence-electron chi connectivity index (χ3n) is 1.70. The molecule has 0 heterocycles. The second kappa shape index (κ2) is 5.85. The zero-order valence-corrected chi connectivity index (χ0v) is 9.47. The van der Waals surface area contributed by atoms with Gasteiger partial charge in [0.2, 0.25) is 0 Å². The Morgan fingerprint density at radius 2 is 2.31 bits per heavy atom. The number of carbonyl (C=O) groups is 1. The maximum absolute atomic E-state index is 10.6. The van der Waals surface area contributed by atoms with Gasteiger partial charge in [-0.15, -0.1) is 0 Å². The number of aromatic hydroxyl groups is 1. The SMILES string of the molecule is CC(=O)SCC#Cc1cc(C#N)ccc1O. The number of phenolic OH excluding ortho intramolecular Hbond substituents is 1. The Labute approximate surface area is 98.1 Å². The number of rotatable bonds is 1. The van der Waals surface area contributed by atoms with E-state index in [0.717, 1.165) is 11.8 Å². The lowest BCUT2D eigenvalue weighted by molar-refractivity contribution is -0.109. The van der Waals surface area contributed by atoms with Gasteiger partial charge >= 0.3 is 0 Å². The molecule has 0 amide bonds. The predicted molar refractivity (Wildman–Crippen MR) is 62.8 cm³/mol. The minimum Gasteiger partial charge on any atom is -0.507 e. The predicted octanol–water partition coefficient (Wildman–Crippen LogP) is 1.90. The fourth-order valence-electron chi connectivity index (χ4n) is 0.975. The van der Waals surface area contributed by atoms with Crippen LogP contribution < -0.4 is 0 Å². The maximum Gasteiger partial charge on any atom is 0.186 e. The smallest absolute Gasteiger partial charge is 0.186 e. The molecule has 16 heavy (non-hydrogen) atoms. The first-order valence-corrected chi connectivity index (χ1v) is 5.47. The molecule has 0 aliphatic carbocycles. The number of benzene rings is 1. The van der Waals surface area contributed by atoms with Gasteiger partial charge in [-0.05, 0) is 18.2 Å². The molecule has 0 radical (unpaired) electrons. The van der Waals surface area contributed by atoms with Gasteiger partial charge in [0.15, 0.2) is 5.12 Å². The molecule has 0 aliphatic heterocycles. The van der Waals surface area contributed by atoms with Crippen LogP contribution in [0.1, 0.15) is 18.1 Å². The van der Waals surface area contributed by atoms with E-state index in [0.29, 0.717) is 16.9 Å². The summed E-state index contributed by atoms with van der Waals surface area (Å²) in [5, 5.41) is 18.1. The van der Waals surface area contributed by atoms with Crippen molar-refractivity contribution in [2.24, 2.45) is 0 Å². The number of phenols is 1. The van der Waals surface area contributed by atoms with Crippen molar-refractivity contribution in [3.8, 4) is 23.7 Å². The van der Waals surface area contributed by atoms with Crippen molar-refractivity contribution in [2.45, 2.75) is 6.92 Å². The molecule has 0 bridgehead atoms. The van der Waals surface area contributed by atoms with Crippen molar-refractivity contribution in [2.75, 3.05) is 5.75 Å². The van der Waals surface area contributed by atoms with Crippen molar-refractivity contribution in [3.05, 3.63) is 29.3 Å². The molecule has 0 unspecified atom stereocenters. The molecule has 0 aliphatic rings. The van der Waals surface area contributed by atoms with Gasteiger partial charge in [-0.3, -0.25) is 4.79 Å². The van der Waals surface area contributed by atoms with E-state index in [1.54, 1.807) is 0 Å². The van der Waals surface area contributed by atoms with Crippen LogP contribution in [0.5, 0.6) is 5.75 Å². The summed E-state index contributed by atoms with van der Waals surface area (Å²) in [5.41, 5.74) is 0.851. The largest absolute Gasteiger partial charge is 0.507 e. The molecule has 4 heteroatoms. The van der Waals surface area contributed by atoms with Crippen molar-refractivity contribution in [3.63, 3.8) is 0 Å². The van der Waals surface area contributed by atoms with Crippen molar-refractivity contribution in [1.29, 1.82) is 5.26 Å². The van der Waals surface area contributed by atoms with E-state index in [2.05, 4.69) is 11.8 Å². The first-order chi connectivity index (χ1) is 7.63. The topological polar surface area (TPSA) is 61.1 Å². The highest BCUT2D eigenvalue weighted by molar-refractivity contribution is 8.13. The number of thioether (sulfide) groups is 1. The van der Waals surface area contributed by atoms with E-state index in [4.69, 9.17) is 5.26 Å². The van der Waals surface area contributed by atoms with Crippen LogP contribution in [0.3, 0.4) is 0 Å². The molecule has 1 aromatic carbocycles. The van der Waals surface area contributed by atoms with Gasteiger partial charge in [0.05, 0.1) is 22.9 Å². The standard InChI is InChI=1S/C12H9NO2S/c1-9(14)16-6-2-3-11-7-10(8-13)4-5-12(11)15/h4-5,7,15H,6H2,1H3. The lowest BCUT2D eigenvalue weighted by Crippen LogP contribution is -1.83. The van der Waals surface area contributed by atoms with Gasteiger partial charge in [-0.1, -0.05) is 23.6 Å². The van der Waals surface area contributed by atoms with Crippen LogP contribution in [-0.4, -0.2) is 16.0 Å². The molecular formula is C12H9NO2S. The highest BCUT2D eigenvalue weighted by atomic mass is 32.2. The Kier molecular flexibility index (Phi) is 4.44. The second-order valence-corrected chi connectivity index (χ2v) is 4.08. The number of hydrogen-bond donors (Lipinski definition) is 1. The molecular weight excluding hydrogens is 222 g/mol. The number of nitrogens with zero attached hydrogens (tertiary/aromatic N) is 1. The molecule has 0 saturated heterocycles. The van der Waals surface area contributed by atoms with E-state index < -0.39 is 0 Å². The molecule has 3 nitrogen and oxygen atoms in total. The number of nitriles is 1. The van der Waals surface area contributed by atoms with E-state index in [9.17, 15) is 9.90 Å². The molecule has 80 valence electrons. The van der Waals surface area contributed by atoms with Gasteiger partial charge < -0.3 is 5.11 Å². The van der Waals surface area contributed by atoms with E-state index in [1.807, 2.05) is 6.07 Å². The fourth-order valence-corrected chi connectivity index (χ4v) is 1.32. The molecule has 0 saturated carbocycles. The average molecular weight is 231 g/mol. The van der Waals surface area contributed by atoms with Gasteiger partial charge in [-0.2, -0.15) is 5.26 Å². The summed E-state index contributed by atoms with van der Waals surface area (Å²) in [6.45, 7) is 1.47. The molecule has 1 aromatic rings. The fraction of sp³-hybridized carbons (Fsp3) is 0.167. The lowest BCUT2D eigenvalue weighted by Gasteiger charge is -1.96. The molecule has 0 fully saturated rings. The number of carbonyl (C=O) groups excluding carboxylic acids is 1. The van der Waals surface area contributed by atoms with E-state index >= 15 is 0 Å². The average Bonchev–Trinajstić information content (AvgIpc) is 2.26. The minimum atomic E-state index is 0.00398. The number of hydrogen-bond acceptors (Lipinski definition) is 4. The molecule has 0 atom stereocenters. The summed E-state index contributed by atoms with van der Waals surface area (Å²) in [4.78, 5) is 10.6. The summed E-state index contributed by atoms with van der Waals surface area (Å²) in [7, 11) is 0. The van der Waals surface area contributed by atoms with Crippen LogP contribution in [0.25, 0.3) is 0 Å². The first kappa shape index (κ1) is 12.2. The normalized spacial score (nSPS) is 8.75.